The van der Waals surface area contributed by atoms with Gasteiger partial charge in [0.25, 0.3) is 0 Å². The van der Waals surface area contributed by atoms with Crippen LogP contribution in [0.2, 0.25) is 0 Å². The highest BCUT2D eigenvalue weighted by Crippen LogP contribution is 2.64. The number of carbonyl (C=O) groups is 1. The first kappa shape index (κ1) is 23.5. The average molecular weight is 448 g/mol. The highest BCUT2D eigenvalue weighted by molar-refractivity contribution is 7.94. The fourth-order valence-electron chi connectivity index (χ4n) is 5.29. The summed E-state index contributed by atoms with van der Waals surface area (Å²) in [6.45, 7) is 5.77. The molecule has 1 aromatic rings. The molecule has 2 N–H and O–H groups in total. The van der Waals surface area contributed by atoms with E-state index in [2.05, 4.69) is 28.5 Å². The molecule has 5 nitrogen and oxygen atoms in total. The molecule has 2 unspecified atom stereocenters. The zero-order valence-electron chi connectivity index (χ0n) is 17.1. The van der Waals surface area contributed by atoms with Crippen LogP contribution in [-0.4, -0.2) is 29.9 Å². The summed E-state index contributed by atoms with van der Waals surface area (Å²) in [5.74, 6) is 1.43. The van der Waals surface area contributed by atoms with Crippen LogP contribution in [0.1, 0.15) is 56.6 Å². The highest BCUT2D eigenvalue weighted by atomic mass is 32.2. The maximum absolute atomic E-state index is 12.7. The van der Waals surface area contributed by atoms with Crippen LogP contribution in [0.15, 0.2) is 24.3 Å². The van der Waals surface area contributed by atoms with Gasteiger partial charge in [-0.2, -0.15) is 13.2 Å². The lowest BCUT2D eigenvalue weighted by molar-refractivity contribution is -0.432. The molecule has 4 rings (SSSR count). The number of Topliss-reactive ketones (excluding diaryl/α,β-unsaturated/α-hetero) is 1. The number of carbonyl (C=O) groups excluding carboxylic acids is 1. The molecule has 0 spiro atoms. The number of ketones is 1. The topological polar surface area (TPSA) is 67.8 Å². The van der Waals surface area contributed by atoms with Crippen LogP contribution in [0.3, 0.4) is 0 Å². The van der Waals surface area contributed by atoms with Crippen molar-refractivity contribution in [1.29, 1.82) is 0 Å². The highest BCUT2D eigenvalue weighted by Gasteiger charge is 2.64. The molecule has 2 bridgehead atoms. The van der Waals surface area contributed by atoms with E-state index in [0.29, 0.717) is 36.0 Å². The zero-order chi connectivity index (χ0) is 22.0. The van der Waals surface area contributed by atoms with Crippen molar-refractivity contribution >= 4 is 17.8 Å². The van der Waals surface area contributed by atoms with Crippen molar-refractivity contribution in [3.8, 4) is 0 Å². The van der Waals surface area contributed by atoms with Gasteiger partial charge in [0.2, 0.25) is 0 Å². The van der Waals surface area contributed by atoms with Gasteiger partial charge < -0.3 is 5.32 Å². The molecule has 2 saturated carbocycles. The van der Waals surface area contributed by atoms with Crippen molar-refractivity contribution in [3.05, 3.63) is 35.4 Å². The molecule has 0 radical (unpaired) electrons. The van der Waals surface area contributed by atoms with Crippen LogP contribution in [0, 0.1) is 16.7 Å². The van der Waals surface area contributed by atoms with Gasteiger partial charge in [-0.05, 0) is 54.7 Å². The molecule has 1 saturated heterocycles. The summed E-state index contributed by atoms with van der Waals surface area (Å²) in [6, 6.07) is 5.85. The van der Waals surface area contributed by atoms with Gasteiger partial charge in [-0.1, -0.05) is 37.1 Å². The minimum Gasteiger partial charge on any atom is -0.316 e. The van der Waals surface area contributed by atoms with E-state index < -0.39 is 11.7 Å². The summed E-state index contributed by atoms with van der Waals surface area (Å²) in [5.41, 5.74) is -0.287. The first-order valence-corrected chi connectivity index (χ1v) is 11.0. The van der Waals surface area contributed by atoms with Gasteiger partial charge in [-0.15, -0.1) is 4.33 Å². The quantitative estimate of drug-likeness (QED) is 0.279. The van der Waals surface area contributed by atoms with Crippen LogP contribution in [-0.2, 0) is 20.3 Å². The van der Waals surface area contributed by atoms with E-state index in [1.54, 1.807) is 12.1 Å². The van der Waals surface area contributed by atoms with E-state index in [4.69, 9.17) is 5.26 Å². The third-order valence-corrected chi connectivity index (χ3v) is 8.06. The van der Waals surface area contributed by atoms with E-state index in [1.165, 1.54) is 6.07 Å². The monoisotopic (exact) mass is 447 g/mol. The Hall–Kier alpha value is -1.13. The molecule has 3 fully saturated rings. The Morgan fingerprint density at radius 1 is 1.27 bits per heavy atom. The molecule has 9 heteroatoms. The summed E-state index contributed by atoms with van der Waals surface area (Å²) >= 11 is 1.01. The van der Waals surface area contributed by atoms with Crippen molar-refractivity contribution in [2.24, 2.45) is 16.7 Å². The second-order valence-corrected chi connectivity index (χ2v) is 9.51. The van der Waals surface area contributed by atoms with Crippen LogP contribution < -0.4 is 5.32 Å². The summed E-state index contributed by atoms with van der Waals surface area (Å²) in [7, 11) is 0. The maximum Gasteiger partial charge on any atom is 0.416 e. The van der Waals surface area contributed by atoms with Gasteiger partial charge >= 0.3 is 6.18 Å². The second-order valence-electron chi connectivity index (χ2n) is 8.85. The minimum absolute atomic E-state index is 0.00262. The van der Waals surface area contributed by atoms with E-state index in [9.17, 15) is 18.0 Å². The standard InChI is InChI=1S/C11H12F3N.C10H16O4S/c12-11(13,14)10-4-2-1-3-9(10)8-5-6-15-7-8;1-9(2)7-3-4-10(9,8(11)5-7)6-15-14-13-12/h1-4,8,15H,5-7H2;7,12H,3-6H2,1-2H3/t8-;/m1./s1. The van der Waals surface area contributed by atoms with E-state index in [0.717, 1.165) is 43.9 Å². The van der Waals surface area contributed by atoms with Crippen LogP contribution >= 0.6 is 12.0 Å². The van der Waals surface area contributed by atoms with Gasteiger partial charge in [0, 0.05) is 36.2 Å². The largest absolute Gasteiger partial charge is 0.416 e. The Bertz CT molecular complexity index is 752. The van der Waals surface area contributed by atoms with Crippen LogP contribution in [0.5, 0.6) is 0 Å². The Kier molecular flexibility index (Phi) is 7.18. The Morgan fingerprint density at radius 2 is 2.00 bits per heavy atom. The number of rotatable bonds is 5. The maximum atomic E-state index is 12.7. The number of benzene rings is 1. The first-order valence-electron chi connectivity index (χ1n) is 10.1. The summed E-state index contributed by atoms with van der Waals surface area (Å²) in [6.07, 6.45) is -0.690. The molecule has 2 aliphatic carbocycles. The van der Waals surface area contributed by atoms with E-state index in [-0.39, 0.29) is 16.7 Å². The number of hydrogen-bond acceptors (Lipinski definition) is 6. The molecule has 3 aliphatic rings. The fraction of sp³-hybridized carbons (Fsp3) is 0.667. The van der Waals surface area contributed by atoms with Crippen molar-refractivity contribution in [1.82, 2.24) is 5.32 Å². The van der Waals surface area contributed by atoms with Crippen molar-refractivity contribution in [2.45, 2.75) is 51.6 Å². The minimum atomic E-state index is -4.24. The third kappa shape index (κ3) is 4.41. The number of fused-ring (bicyclic) bond motifs is 2. The summed E-state index contributed by atoms with van der Waals surface area (Å²) in [4.78, 5) is 12.0. The fourth-order valence-corrected chi connectivity index (χ4v) is 6.26. The molecular weight excluding hydrogens is 419 g/mol. The Labute approximate surface area is 178 Å². The number of nitrogens with one attached hydrogen (secondary N) is 1. The van der Waals surface area contributed by atoms with Gasteiger partial charge in [-0.25, -0.2) is 5.26 Å². The number of halogens is 3. The lowest BCUT2D eigenvalue weighted by atomic mass is 9.70. The number of hydrogen-bond donors (Lipinski definition) is 2. The van der Waals surface area contributed by atoms with Gasteiger partial charge in [-0.3, -0.25) is 4.79 Å². The van der Waals surface area contributed by atoms with Crippen molar-refractivity contribution in [3.63, 3.8) is 0 Å². The molecule has 1 aromatic carbocycles. The van der Waals surface area contributed by atoms with Gasteiger partial charge in [0.1, 0.15) is 5.78 Å². The van der Waals surface area contributed by atoms with E-state index >= 15 is 0 Å². The smallest absolute Gasteiger partial charge is 0.316 e. The van der Waals surface area contributed by atoms with Crippen molar-refractivity contribution in [2.75, 3.05) is 18.8 Å². The van der Waals surface area contributed by atoms with Crippen LogP contribution in [0.4, 0.5) is 13.2 Å². The zero-order valence-corrected chi connectivity index (χ0v) is 17.9. The molecule has 30 heavy (non-hydrogen) atoms. The predicted octanol–water partition coefficient (Wildman–Crippen LogP) is 5.23. The second kappa shape index (κ2) is 9.16. The SMILES string of the molecule is CC1(C)C2CCC1(CSOOO)C(=O)C2.FC(F)(F)c1ccccc1[C@@H]1CCNC1. The van der Waals surface area contributed by atoms with Crippen LogP contribution in [0.25, 0.3) is 0 Å². The Morgan fingerprint density at radius 3 is 2.53 bits per heavy atom. The normalized spacial score (nSPS) is 29.7. The molecule has 3 atom stereocenters. The lowest BCUT2D eigenvalue weighted by Gasteiger charge is -2.35. The summed E-state index contributed by atoms with van der Waals surface area (Å²) in [5, 5.41) is 14.7. The van der Waals surface area contributed by atoms with Gasteiger partial charge in [0.05, 0.1) is 5.56 Å². The van der Waals surface area contributed by atoms with Crippen molar-refractivity contribution < 1.29 is 32.6 Å². The molecular formula is C21H28F3NO4S. The summed E-state index contributed by atoms with van der Waals surface area (Å²) < 4.78 is 42.4. The average Bonchev–Trinajstić information content (AvgIpc) is 3.35. The molecule has 0 aromatic heterocycles. The molecule has 0 amide bonds. The number of alkyl halides is 3. The Balaban J connectivity index is 0.000000171. The van der Waals surface area contributed by atoms with Gasteiger partial charge in [0.15, 0.2) is 0 Å². The first-order chi connectivity index (χ1) is 14.1. The molecule has 168 valence electrons. The molecule has 1 heterocycles. The van der Waals surface area contributed by atoms with E-state index in [1.807, 2.05) is 0 Å². The lowest BCUT2D eigenvalue weighted by Crippen LogP contribution is -2.38. The molecule has 1 aliphatic heterocycles. The predicted molar refractivity (Wildman–Crippen MR) is 107 cm³/mol. The third-order valence-electron chi connectivity index (χ3n) is 7.29.